The van der Waals surface area contributed by atoms with Gasteiger partial charge in [0.15, 0.2) is 5.75 Å². The van der Waals surface area contributed by atoms with Crippen LogP contribution in [0.15, 0.2) is 71.3 Å². The van der Waals surface area contributed by atoms with Crippen molar-refractivity contribution in [3.8, 4) is 11.5 Å². The van der Waals surface area contributed by atoms with E-state index in [1.54, 1.807) is 12.1 Å². The van der Waals surface area contributed by atoms with Gasteiger partial charge in [0.25, 0.3) is 0 Å². The van der Waals surface area contributed by atoms with Crippen LogP contribution in [0.4, 0.5) is 0 Å². The van der Waals surface area contributed by atoms with Gasteiger partial charge in [-0.2, -0.15) is 0 Å². The van der Waals surface area contributed by atoms with Crippen LogP contribution >= 0.6 is 27.5 Å². The molecule has 2 N–H and O–H groups in total. The first-order valence-electron chi connectivity index (χ1n) is 9.01. The average molecular weight is 471 g/mol. The summed E-state index contributed by atoms with van der Waals surface area (Å²) in [5.74, 6) is 0.200. The molecule has 6 heteroatoms. The van der Waals surface area contributed by atoms with E-state index in [4.69, 9.17) is 21.4 Å². The molecule has 0 aliphatic carbocycles. The van der Waals surface area contributed by atoms with Gasteiger partial charge in [-0.25, -0.2) is 0 Å². The van der Waals surface area contributed by atoms with Gasteiger partial charge in [-0.3, -0.25) is 4.79 Å². The molecule has 146 valence electrons. The van der Waals surface area contributed by atoms with Gasteiger partial charge in [-0.05, 0) is 69.4 Å². The van der Waals surface area contributed by atoms with E-state index in [-0.39, 0.29) is 6.42 Å². The number of rotatable bonds is 6. The SMILES string of the molecule is O=C(O)Cc1cc(Cl)c(Oc2ccc3[nH]cc(Cc4ccccc4)c3c2)c(Br)c1. The number of carbonyl (C=O) groups is 1. The first kappa shape index (κ1) is 19.6. The zero-order valence-corrected chi connectivity index (χ0v) is 17.6. The van der Waals surface area contributed by atoms with Crippen molar-refractivity contribution < 1.29 is 14.6 Å². The third kappa shape index (κ3) is 4.47. The van der Waals surface area contributed by atoms with Crippen molar-refractivity contribution in [2.24, 2.45) is 0 Å². The first-order chi connectivity index (χ1) is 14.0. The fourth-order valence-electron chi connectivity index (χ4n) is 3.29. The van der Waals surface area contributed by atoms with E-state index in [9.17, 15) is 4.79 Å². The van der Waals surface area contributed by atoms with E-state index in [1.807, 2.05) is 42.6 Å². The van der Waals surface area contributed by atoms with Crippen molar-refractivity contribution >= 4 is 44.4 Å². The lowest BCUT2D eigenvalue weighted by Crippen LogP contribution is -2.00. The van der Waals surface area contributed by atoms with Crippen LogP contribution in [0.25, 0.3) is 10.9 Å². The zero-order chi connectivity index (χ0) is 20.4. The summed E-state index contributed by atoms with van der Waals surface area (Å²) in [7, 11) is 0. The van der Waals surface area contributed by atoms with Crippen molar-refractivity contribution in [3.63, 3.8) is 0 Å². The maximum Gasteiger partial charge on any atom is 0.307 e. The van der Waals surface area contributed by atoms with Crippen LogP contribution in [0, 0.1) is 0 Å². The molecule has 0 radical (unpaired) electrons. The number of carboxylic acid groups (broad SMARTS) is 1. The predicted octanol–water partition coefficient (Wildman–Crippen LogP) is 6.59. The molecule has 1 aromatic heterocycles. The summed E-state index contributed by atoms with van der Waals surface area (Å²) in [6.45, 7) is 0. The Bertz CT molecular complexity index is 1160. The molecule has 0 bridgehead atoms. The number of halogens is 2. The topological polar surface area (TPSA) is 62.3 Å². The minimum absolute atomic E-state index is 0.100. The van der Waals surface area contributed by atoms with Gasteiger partial charge in [-0.1, -0.05) is 41.9 Å². The van der Waals surface area contributed by atoms with Crippen LogP contribution in [-0.2, 0) is 17.6 Å². The number of benzene rings is 3. The maximum atomic E-state index is 10.9. The summed E-state index contributed by atoms with van der Waals surface area (Å²) in [4.78, 5) is 14.2. The molecule has 0 fully saturated rings. The van der Waals surface area contributed by atoms with Crippen molar-refractivity contribution in [2.45, 2.75) is 12.8 Å². The van der Waals surface area contributed by atoms with Crippen molar-refractivity contribution in [1.29, 1.82) is 0 Å². The average Bonchev–Trinajstić information content (AvgIpc) is 3.07. The Hall–Kier alpha value is -2.76. The van der Waals surface area contributed by atoms with Crippen LogP contribution < -0.4 is 4.74 Å². The van der Waals surface area contributed by atoms with Crippen molar-refractivity contribution in [3.05, 3.63) is 93.0 Å². The molecule has 0 saturated carbocycles. The number of aliphatic carboxylic acids is 1. The van der Waals surface area contributed by atoms with E-state index in [0.717, 1.165) is 17.3 Å². The van der Waals surface area contributed by atoms with Gasteiger partial charge in [-0.15, -0.1) is 0 Å². The molecule has 1 heterocycles. The highest BCUT2D eigenvalue weighted by atomic mass is 79.9. The second-order valence-electron chi connectivity index (χ2n) is 6.74. The Kier molecular flexibility index (Phi) is 5.60. The third-order valence-electron chi connectivity index (χ3n) is 4.61. The normalized spacial score (nSPS) is 11.0. The zero-order valence-electron chi connectivity index (χ0n) is 15.3. The number of fused-ring (bicyclic) bond motifs is 1. The van der Waals surface area contributed by atoms with E-state index in [1.165, 1.54) is 11.1 Å². The number of hydrogen-bond acceptors (Lipinski definition) is 2. The van der Waals surface area contributed by atoms with E-state index in [0.29, 0.717) is 26.6 Å². The van der Waals surface area contributed by atoms with Gasteiger partial charge in [0, 0.05) is 17.1 Å². The number of aromatic nitrogens is 1. The molecular formula is C23H17BrClNO3. The molecule has 4 rings (SSSR count). The number of H-pyrrole nitrogens is 1. The Morgan fingerprint density at radius 3 is 2.59 bits per heavy atom. The Morgan fingerprint density at radius 1 is 1.07 bits per heavy atom. The molecule has 0 spiro atoms. The molecule has 0 aliphatic heterocycles. The van der Waals surface area contributed by atoms with Gasteiger partial charge >= 0.3 is 5.97 Å². The van der Waals surface area contributed by atoms with Crippen LogP contribution in [0.3, 0.4) is 0 Å². The fourth-order valence-corrected chi connectivity index (χ4v) is 4.27. The minimum atomic E-state index is -0.912. The molecule has 0 aliphatic rings. The quantitative estimate of drug-likeness (QED) is 0.334. The van der Waals surface area contributed by atoms with Crippen LogP contribution in [-0.4, -0.2) is 16.1 Å². The first-order valence-corrected chi connectivity index (χ1v) is 10.2. The molecular weight excluding hydrogens is 454 g/mol. The number of nitrogens with one attached hydrogen (secondary N) is 1. The summed E-state index contributed by atoms with van der Waals surface area (Å²) in [6, 6.07) is 19.4. The molecule has 0 unspecified atom stereocenters. The summed E-state index contributed by atoms with van der Waals surface area (Å²) in [5, 5.41) is 10.4. The Morgan fingerprint density at radius 2 is 1.86 bits per heavy atom. The van der Waals surface area contributed by atoms with Gasteiger partial charge in [0.2, 0.25) is 0 Å². The highest BCUT2D eigenvalue weighted by molar-refractivity contribution is 9.10. The highest BCUT2D eigenvalue weighted by Crippen LogP contribution is 2.38. The van der Waals surface area contributed by atoms with Crippen molar-refractivity contribution in [1.82, 2.24) is 4.98 Å². The lowest BCUT2D eigenvalue weighted by atomic mass is 10.0. The second kappa shape index (κ2) is 8.31. The lowest BCUT2D eigenvalue weighted by molar-refractivity contribution is -0.136. The minimum Gasteiger partial charge on any atom is -0.481 e. The Labute approximate surface area is 181 Å². The summed E-state index contributed by atoms with van der Waals surface area (Å²) < 4.78 is 6.65. The molecule has 0 saturated heterocycles. The maximum absolute atomic E-state index is 10.9. The van der Waals surface area contributed by atoms with Crippen LogP contribution in [0.5, 0.6) is 11.5 Å². The Balaban J connectivity index is 1.63. The lowest BCUT2D eigenvalue weighted by Gasteiger charge is -2.12. The number of hydrogen-bond donors (Lipinski definition) is 2. The van der Waals surface area contributed by atoms with Gasteiger partial charge in [0.05, 0.1) is 15.9 Å². The molecule has 0 amide bonds. The van der Waals surface area contributed by atoms with E-state index < -0.39 is 5.97 Å². The van der Waals surface area contributed by atoms with Crippen molar-refractivity contribution in [2.75, 3.05) is 0 Å². The standard InChI is InChI=1S/C23H17BrClNO3/c24-19-9-15(11-22(27)28)10-20(25)23(19)29-17-6-7-21-18(12-17)16(13-26-21)8-14-4-2-1-3-5-14/h1-7,9-10,12-13,26H,8,11H2,(H,27,28). The summed E-state index contributed by atoms with van der Waals surface area (Å²) >= 11 is 9.79. The van der Waals surface area contributed by atoms with E-state index >= 15 is 0 Å². The summed E-state index contributed by atoms with van der Waals surface area (Å²) in [5.41, 5.74) is 4.05. The second-order valence-corrected chi connectivity index (χ2v) is 8.01. The molecule has 4 aromatic rings. The van der Waals surface area contributed by atoms with Gasteiger partial charge in [0.1, 0.15) is 5.75 Å². The molecule has 3 aromatic carbocycles. The molecule has 4 nitrogen and oxygen atoms in total. The molecule has 29 heavy (non-hydrogen) atoms. The monoisotopic (exact) mass is 469 g/mol. The number of ether oxygens (including phenoxy) is 1. The van der Waals surface area contributed by atoms with Crippen LogP contribution in [0.1, 0.15) is 16.7 Å². The predicted molar refractivity (Wildman–Crippen MR) is 118 cm³/mol. The largest absolute Gasteiger partial charge is 0.481 e. The highest BCUT2D eigenvalue weighted by Gasteiger charge is 2.13. The number of aromatic amines is 1. The number of carboxylic acids is 1. The fraction of sp³-hybridized carbons (Fsp3) is 0.0870. The van der Waals surface area contributed by atoms with Crippen LogP contribution in [0.2, 0.25) is 5.02 Å². The third-order valence-corrected chi connectivity index (χ3v) is 5.48. The van der Waals surface area contributed by atoms with Gasteiger partial charge < -0.3 is 14.8 Å². The molecule has 0 atom stereocenters. The smallest absolute Gasteiger partial charge is 0.307 e. The summed E-state index contributed by atoms with van der Waals surface area (Å²) in [6.07, 6.45) is 2.74. The van der Waals surface area contributed by atoms with E-state index in [2.05, 4.69) is 33.0 Å².